The highest BCUT2D eigenvalue weighted by molar-refractivity contribution is 6.00. The van der Waals surface area contributed by atoms with Gasteiger partial charge in [0.1, 0.15) is 5.82 Å². The molecule has 1 N–H and O–H groups in total. The maximum atomic E-state index is 12.4. The maximum absolute atomic E-state index is 12.4. The number of amides is 1. The number of carbonyl (C=O) groups excluding carboxylic acids is 1. The van der Waals surface area contributed by atoms with Crippen LogP contribution in [-0.4, -0.2) is 47.6 Å². The first-order chi connectivity index (χ1) is 9.08. The third-order valence-electron chi connectivity index (χ3n) is 3.39. The smallest absolute Gasteiger partial charge is 0.261 e. The minimum atomic E-state index is -0.0942. The molecule has 102 valence electrons. The summed E-state index contributed by atoms with van der Waals surface area (Å²) in [5, 5.41) is 8.99. The largest absolute Gasteiger partial charge is 0.396 e. The van der Waals surface area contributed by atoms with Crippen molar-refractivity contribution in [2.75, 3.05) is 31.6 Å². The fourth-order valence-corrected chi connectivity index (χ4v) is 2.16. The molecule has 1 aliphatic rings. The maximum Gasteiger partial charge on any atom is 0.261 e. The molecule has 0 bridgehead atoms. The van der Waals surface area contributed by atoms with Crippen LogP contribution >= 0.6 is 0 Å². The van der Waals surface area contributed by atoms with Crippen LogP contribution in [-0.2, 0) is 6.42 Å². The van der Waals surface area contributed by atoms with E-state index in [0.717, 1.165) is 17.8 Å². The summed E-state index contributed by atoms with van der Waals surface area (Å²) >= 11 is 0. The predicted octanol–water partition coefficient (Wildman–Crippen LogP) is 1.04. The Kier molecular flexibility index (Phi) is 3.85. The molecule has 0 aliphatic carbocycles. The lowest BCUT2D eigenvalue weighted by Crippen LogP contribution is -2.29. The van der Waals surface area contributed by atoms with Crippen LogP contribution in [0.3, 0.4) is 0 Å². The van der Waals surface area contributed by atoms with Gasteiger partial charge in [0.05, 0.1) is 12.1 Å². The molecule has 5 nitrogen and oxygen atoms in total. The molecule has 0 aromatic carbocycles. The van der Waals surface area contributed by atoms with Crippen molar-refractivity contribution in [2.24, 2.45) is 0 Å². The van der Waals surface area contributed by atoms with Crippen LogP contribution in [0.25, 0.3) is 0 Å². The summed E-state index contributed by atoms with van der Waals surface area (Å²) < 4.78 is 0. The molecule has 1 aliphatic heterocycles. The van der Waals surface area contributed by atoms with Crippen molar-refractivity contribution in [1.29, 1.82) is 0 Å². The summed E-state index contributed by atoms with van der Waals surface area (Å²) in [6.45, 7) is 7.37. The molecule has 19 heavy (non-hydrogen) atoms. The monoisotopic (exact) mass is 261 g/mol. The van der Waals surface area contributed by atoms with Crippen LogP contribution in [0, 0.1) is 0 Å². The molecule has 0 fully saturated rings. The number of aliphatic hydroxyl groups is 1. The molecule has 1 aromatic rings. The SMILES string of the molecule is C=C1CN(CC)c2ncc(CCO)cc2C(=O)N1C. The molecule has 0 unspecified atom stereocenters. The number of aliphatic hydroxyl groups excluding tert-OH is 1. The van der Waals surface area contributed by atoms with Gasteiger partial charge in [0.2, 0.25) is 0 Å². The van der Waals surface area contributed by atoms with E-state index in [-0.39, 0.29) is 12.5 Å². The van der Waals surface area contributed by atoms with E-state index in [1.165, 1.54) is 0 Å². The molecule has 1 aromatic heterocycles. The number of nitrogens with zero attached hydrogens (tertiary/aromatic N) is 3. The van der Waals surface area contributed by atoms with Gasteiger partial charge in [-0.2, -0.15) is 0 Å². The predicted molar refractivity (Wildman–Crippen MR) is 74.1 cm³/mol. The van der Waals surface area contributed by atoms with Crippen molar-refractivity contribution in [1.82, 2.24) is 9.88 Å². The third kappa shape index (κ3) is 2.46. The molecule has 0 saturated heterocycles. The van der Waals surface area contributed by atoms with Crippen molar-refractivity contribution in [3.8, 4) is 0 Å². The van der Waals surface area contributed by atoms with Crippen LogP contribution in [0.15, 0.2) is 24.5 Å². The molecular formula is C14H19N3O2. The van der Waals surface area contributed by atoms with E-state index < -0.39 is 0 Å². The first kappa shape index (κ1) is 13.5. The van der Waals surface area contributed by atoms with Gasteiger partial charge < -0.3 is 14.9 Å². The number of fused-ring (bicyclic) bond motifs is 1. The second-order valence-electron chi connectivity index (χ2n) is 4.63. The van der Waals surface area contributed by atoms with E-state index in [9.17, 15) is 4.79 Å². The molecule has 2 heterocycles. The van der Waals surface area contributed by atoms with Gasteiger partial charge in [-0.1, -0.05) is 6.58 Å². The molecule has 1 amide bonds. The number of hydrogen-bond acceptors (Lipinski definition) is 4. The van der Waals surface area contributed by atoms with Crippen molar-refractivity contribution in [3.05, 3.63) is 35.7 Å². The standard InChI is InChI=1S/C14H19N3O2/c1-4-17-9-10(2)16(3)14(19)12-7-11(5-6-18)8-15-13(12)17/h7-8,18H,2,4-6,9H2,1,3H3. The average Bonchev–Trinajstić information content (AvgIpc) is 2.50. The Morgan fingerprint density at radius 1 is 1.53 bits per heavy atom. The summed E-state index contributed by atoms with van der Waals surface area (Å²) in [7, 11) is 1.73. The lowest BCUT2D eigenvalue weighted by molar-refractivity contribution is 0.0839. The number of hydrogen-bond donors (Lipinski definition) is 1. The Morgan fingerprint density at radius 3 is 2.89 bits per heavy atom. The Bertz CT molecular complexity index is 513. The normalized spacial score (nSPS) is 15.5. The highest BCUT2D eigenvalue weighted by Gasteiger charge is 2.27. The number of anilines is 1. The number of rotatable bonds is 3. The summed E-state index contributed by atoms with van der Waals surface area (Å²) in [4.78, 5) is 20.4. The minimum absolute atomic E-state index is 0.0503. The highest BCUT2D eigenvalue weighted by Crippen LogP contribution is 2.26. The lowest BCUT2D eigenvalue weighted by atomic mass is 10.1. The third-order valence-corrected chi connectivity index (χ3v) is 3.39. The minimum Gasteiger partial charge on any atom is -0.396 e. The molecule has 0 saturated carbocycles. The lowest BCUT2D eigenvalue weighted by Gasteiger charge is -2.22. The Balaban J connectivity index is 2.51. The number of carbonyl (C=O) groups is 1. The van der Waals surface area contributed by atoms with Gasteiger partial charge in [-0.15, -0.1) is 0 Å². The highest BCUT2D eigenvalue weighted by atomic mass is 16.3. The van der Waals surface area contributed by atoms with Crippen LogP contribution in [0.5, 0.6) is 0 Å². The Labute approximate surface area is 113 Å². The number of aromatic nitrogens is 1. The topological polar surface area (TPSA) is 56.7 Å². The summed E-state index contributed by atoms with van der Waals surface area (Å²) in [5.74, 6) is 0.600. The number of pyridine rings is 1. The average molecular weight is 261 g/mol. The summed E-state index contributed by atoms with van der Waals surface area (Å²) in [5.41, 5.74) is 2.20. The van der Waals surface area contributed by atoms with Crippen molar-refractivity contribution < 1.29 is 9.90 Å². The van der Waals surface area contributed by atoms with Crippen LogP contribution in [0.4, 0.5) is 5.82 Å². The van der Waals surface area contributed by atoms with Crippen molar-refractivity contribution in [2.45, 2.75) is 13.3 Å². The molecule has 0 spiro atoms. The Hall–Kier alpha value is -1.88. The molecule has 2 rings (SSSR count). The summed E-state index contributed by atoms with van der Waals surface area (Å²) in [6.07, 6.45) is 2.23. The van der Waals surface area contributed by atoms with Gasteiger partial charge in [0, 0.05) is 32.1 Å². The van der Waals surface area contributed by atoms with Crippen molar-refractivity contribution >= 4 is 11.7 Å². The fourth-order valence-electron chi connectivity index (χ4n) is 2.16. The van der Waals surface area contributed by atoms with Gasteiger partial charge >= 0.3 is 0 Å². The van der Waals surface area contributed by atoms with Crippen LogP contribution in [0.2, 0.25) is 0 Å². The van der Waals surface area contributed by atoms with Gasteiger partial charge in [-0.05, 0) is 25.0 Å². The zero-order valence-corrected chi connectivity index (χ0v) is 11.4. The van der Waals surface area contributed by atoms with Crippen LogP contribution in [0.1, 0.15) is 22.8 Å². The van der Waals surface area contributed by atoms with Crippen molar-refractivity contribution in [3.63, 3.8) is 0 Å². The zero-order valence-electron chi connectivity index (χ0n) is 11.4. The van der Waals surface area contributed by atoms with Gasteiger partial charge in [-0.25, -0.2) is 4.98 Å². The molecule has 0 radical (unpaired) electrons. The molecule has 0 atom stereocenters. The quantitative estimate of drug-likeness (QED) is 0.883. The Morgan fingerprint density at radius 2 is 2.26 bits per heavy atom. The first-order valence-electron chi connectivity index (χ1n) is 6.39. The first-order valence-corrected chi connectivity index (χ1v) is 6.39. The van der Waals surface area contributed by atoms with E-state index in [4.69, 9.17) is 5.11 Å². The molecule has 5 heteroatoms. The van der Waals surface area contributed by atoms with E-state index in [1.807, 2.05) is 17.9 Å². The zero-order chi connectivity index (χ0) is 14.0. The van der Waals surface area contributed by atoms with E-state index in [1.54, 1.807) is 18.1 Å². The van der Waals surface area contributed by atoms with E-state index in [2.05, 4.69) is 11.6 Å². The molecular weight excluding hydrogens is 242 g/mol. The van der Waals surface area contributed by atoms with Crippen LogP contribution < -0.4 is 4.90 Å². The van der Waals surface area contributed by atoms with E-state index >= 15 is 0 Å². The fraction of sp³-hybridized carbons (Fsp3) is 0.429. The van der Waals surface area contributed by atoms with Gasteiger partial charge in [0.25, 0.3) is 5.91 Å². The number of likely N-dealkylation sites (N-methyl/N-ethyl adjacent to an activating group) is 2. The van der Waals surface area contributed by atoms with Gasteiger partial charge in [0.15, 0.2) is 0 Å². The second kappa shape index (κ2) is 5.40. The van der Waals surface area contributed by atoms with Gasteiger partial charge in [-0.3, -0.25) is 4.79 Å². The van der Waals surface area contributed by atoms with E-state index in [0.29, 0.717) is 24.3 Å². The second-order valence-corrected chi connectivity index (χ2v) is 4.63. The summed E-state index contributed by atoms with van der Waals surface area (Å²) in [6, 6.07) is 1.82.